The molecule has 3 aliphatic rings. The van der Waals surface area contributed by atoms with Crippen LogP contribution in [0.1, 0.15) is 24.0 Å². The Morgan fingerprint density at radius 1 is 1.06 bits per heavy atom. The molecule has 6 atom stereocenters. The predicted octanol–water partition coefficient (Wildman–Crippen LogP) is 3.72. The number of rotatable bonds is 6. The zero-order valence-electron chi connectivity index (χ0n) is 17.6. The van der Waals surface area contributed by atoms with Gasteiger partial charge in [0.25, 0.3) is 5.91 Å². The fourth-order valence-electron chi connectivity index (χ4n) is 5.15. The molecule has 1 aromatic rings. The zero-order chi connectivity index (χ0) is 23.3. The lowest BCUT2D eigenvalue weighted by atomic mass is 9.81. The van der Waals surface area contributed by atoms with E-state index in [1.54, 1.807) is 0 Å². The highest BCUT2D eigenvalue weighted by Crippen LogP contribution is 2.60. The van der Waals surface area contributed by atoms with E-state index in [2.05, 4.69) is 53.1 Å². The number of nitrogens with zero attached hydrogens (tertiary/aromatic N) is 1. The average Bonchev–Trinajstić information content (AvgIpc) is 3.34. The van der Waals surface area contributed by atoms with Gasteiger partial charge in [0.1, 0.15) is 0 Å². The summed E-state index contributed by atoms with van der Waals surface area (Å²) < 4.78 is 6.00. The van der Waals surface area contributed by atoms with Crippen molar-refractivity contribution in [1.29, 1.82) is 0 Å². The highest BCUT2D eigenvalue weighted by atomic mass is 79.9. The molecule has 0 unspecified atom stereocenters. The number of aryl methyl sites for hydroxylation is 2. The van der Waals surface area contributed by atoms with Crippen molar-refractivity contribution in [3.63, 3.8) is 0 Å². The number of amides is 3. The summed E-state index contributed by atoms with van der Waals surface area (Å²) >= 11 is 10.7. The Kier molecular flexibility index (Phi) is 6.85. The zero-order valence-corrected chi connectivity index (χ0v) is 22.3. The molecular formula is C22H23Br3N2O5. The van der Waals surface area contributed by atoms with Crippen molar-refractivity contribution in [3.8, 4) is 0 Å². The van der Waals surface area contributed by atoms with E-state index in [-0.39, 0.29) is 58.1 Å². The molecule has 0 aromatic heterocycles. The Hall–Kier alpha value is -1.26. The first-order valence-corrected chi connectivity index (χ1v) is 13.1. The molecule has 172 valence electrons. The summed E-state index contributed by atoms with van der Waals surface area (Å²) in [6.45, 7) is 3.33. The lowest BCUT2D eigenvalue weighted by Crippen LogP contribution is -2.37. The van der Waals surface area contributed by atoms with Crippen LogP contribution in [0, 0.1) is 37.5 Å². The minimum atomic E-state index is -0.624. The van der Waals surface area contributed by atoms with Crippen molar-refractivity contribution in [2.75, 3.05) is 18.5 Å². The van der Waals surface area contributed by atoms with Crippen LogP contribution < -0.4 is 5.32 Å². The second-order valence-electron chi connectivity index (χ2n) is 8.71. The van der Waals surface area contributed by atoms with Gasteiger partial charge in [0, 0.05) is 26.4 Å². The van der Waals surface area contributed by atoms with E-state index in [0.717, 1.165) is 22.0 Å². The van der Waals surface area contributed by atoms with Crippen molar-refractivity contribution in [2.24, 2.45) is 23.7 Å². The normalized spacial score (nSPS) is 30.6. The maximum Gasteiger partial charge on any atom is 0.308 e. The van der Waals surface area contributed by atoms with Gasteiger partial charge in [-0.1, -0.05) is 47.8 Å². The first-order valence-electron chi connectivity index (χ1n) is 10.5. The van der Waals surface area contributed by atoms with E-state index >= 15 is 0 Å². The first-order chi connectivity index (χ1) is 15.1. The monoisotopic (exact) mass is 632 g/mol. The van der Waals surface area contributed by atoms with E-state index < -0.39 is 18.5 Å². The number of anilines is 1. The largest absolute Gasteiger partial charge is 0.456 e. The van der Waals surface area contributed by atoms with E-state index in [9.17, 15) is 19.2 Å². The average molecular weight is 635 g/mol. The number of likely N-dealkylation sites (tertiary alicyclic amines) is 1. The highest BCUT2D eigenvalue weighted by molar-refractivity contribution is 9.12. The SMILES string of the molecule is Cc1cc(NC(=O)COC(=O)CCN2C(=O)[C@@H]3[C@H]4C[C@@H]([C@H](Br)[C@H]4Br)[C@H]3C2=O)c(C)cc1Br. The molecule has 4 rings (SSSR count). The van der Waals surface area contributed by atoms with Gasteiger partial charge in [-0.15, -0.1) is 0 Å². The quantitative estimate of drug-likeness (QED) is 0.293. The van der Waals surface area contributed by atoms with Crippen LogP contribution in [-0.2, 0) is 23.9 Å². The van der Waals surface area contributed by atoms with E-state index in [4.69, 9.17) is 4.74 Å². The molecule has 10 heteroatoms. The van der Waals surface area contributed by atoms with Crippen LogP contribution in [0.15, 0.2) is 16.6 Å². The Morgan fingerprint density at radius 2 is 1.66 bits per heavy atom. The van der Waals surface area contributed by atoms with E-state index in [1.165, 1.54) is 4.90 Å². The van der Waals surface area contributed by atoms with Gasteiger partial charge in [-0.2, -0.15) is 0 Å². The Labute approximate surface area is 211 Å². The second kappa shape index (κ2) is 9.18. The molecule has 2 aliphatic carbocycles. The third-order valence-corrected chi connectivity index (χ3v) is 10.8. The van der Waals surface area contributed by atoms with Gasteiger partial charge in [-0.05, 0) is 55.4 Å². The molecule has 0 radical (unpaired) electrons. The van der Waals surface area contributed by atoms with Crippen LogP contribution in [0.5, 0.6) is 0 Å². The molecule has 2 saturated carbocycles. The summed E-state index contributed by atoms with van der Waals surface area (Å²) in [4.78, 5) is 51.6. The van der Waals surface area contributed by atoms with Crippen LogP contribution in [0.4, 0.5) is 5.69 Å². The number of ether oxygens (including phenoxy) is 1. The lowest BCUT2D eigenvalue weighted by molar-refractivity contribution is -0.149. The number of carbonyl (C=O) groups excluding carboxylic acids is 4. The minimum absolute atomic E-state index is 0.0184. The lowest BCUT2D eigenvalue weighted by Gasteiger charge is -2.28. The third-order valence-electron chi connectivity index (χ3n) is 6.76. The van der Waals surface area contributed by atoms with Crippen LogP contribution >= 0.6 is 47.8 Å². The molecule has 32 heavy (non-hydrogen) atoms. The third kappa shape index (κ3) is 4.18. The summed E-state index contributed by atoms with van der Waals surface area (Å²) in [7, 11) is 0. The number of esters is 1. The minimum Gasteiger partial charge on any atom is -0.456 e. The number of fused-ring (bicyclic) bond motifs is 5. The molecule has 1 heterocycles. The standard InChI is InChI=1S/C22H23Br3N2O5/c1-9-6-14(10(2)5-13(9)23)26-15(28)8-32-16(29)3-4-27-21(30)17-11-7-12(18(17)22(27)31)20(25)19(11)24/h5-6,11-12,17-20H,3-4,7-8H2,1-2H3,(H,26,28)/t11-,12-,17-,18-,19+,20+/m1/s1. The molecule has 1 aromatic carbocycles. The van der Waals surface area contributed by atoms with Gasteiger partial charge in [-0.3, -0.25) is 24.1 Å². The van der Waals surface area contributed by atoms with Gasteiger partial charge < -0.3 is 10.1 Å². The Bertz CT molecular complexity index is 968. The summed E-state index contributed by atoms with van der Waals surface area (Å²) in [5.41, 5.74) is 2.50. The van der Waals surface area contributed by atoms with Crippen LogP contribution in [0.2, 0.25) is 0 Å². The van der Waals surface area contributed by atoms with Gasteiger partial charge >= 0.3 is 5.97 Å². The molecular weight excluding hydrogens is 612 g/mol. The highest BCUT2D eigenvalue weighted by Gasteiger charge is 2.66. The van der Waals surface area contributed by atoms with Crippen LogP contribution in [-0.4, -0.2) is 51.4 Å². The molecule has 1 aliphatic heterocycles. The van der Waals surface area contributed by atoms with Crippen molar-refractivity contribution in [1.82, 2.24) is 4.90 Å². The molecule has 2 bridgehead atoms. The van der Waals surface area contributed by atoms with Gasteiger partial charge in [0.15, 0.2) is 6.61 Å². The molecule has 0 spiro atoms. The van der Waals surface area contributed by atoms with Crippen molar-refractivity contribution in [2.45, 2.75) is 36.3 Å². The number of nitrogens with one attached hydrogen (secondary N) is 1. The van der Waals surface area contributed by atoms with Crippen LogP contribution in [0.25, 0.3) is 0 Å². The fourth-order valence-corrected chi connectivity index (χ4v) is 7.49. The van der Waals surface area contributed by atoms with E-state index in [1.807, 2.05) is 26.0 Å². The van der Waals surface area contributed by atoms with Gasteiger partial charge in [-0.25, -0.2) is 0 Å². The molecule has 3 fully saturated rings. The summed E-state index contributed by atoms with van der Waals surface area (Å²) in [6.07, 6.45) is 0.729. The number of carbonyl (C=O) groups is 4. The Balaban J connectivity index is 1.27. The molecule has 7 nitrogen and oxygen atoms in total. The van der Waals surface area contributed by atoms with Crippen molar-refractivity contribution >= 4 is 77.2 Å². The van der Waals surface area contributed by atoms with Crippen molar-refractivity contribution < 1.29 is 23.9 Å². The predicted molar refractivity (Wildman–Crippen MR) is 129 cm³/mol. The summed E-state index contributed by atoms with van der Waals surface area (Å²) in [6, 6.07) is 3.74. The van der Waals surface area contributed by atoms with Crippen molar-refractivity contribution in [3.05, 3.63) is 27.7 Å². The second-order valence-corrected chi connectivity index (χ2v) is 11.7. The number of imide groups is 1. The Morgan fingerprint density at radius 3 is 2.25 bits per heavy atom. The smallest absolute Gasteiger partial charge is 0.308 e. The maximum atomic E-state index is 12.9. The summed E-state index contributed by atoms with van der Waals surface area (Å²) in [5, 5.41) is 2.73. The van der Waals surface area contributed by atoms with Gasteiger partial charge in [0.2, 0.25) is 11.8 Å². The maximum absolute atomic E-state index is 12.9. The number of hydrogen-bond donors (Lipinski definition) is 1. The number of hydrogen-bond acceptors (Lipinski definition) is 5. The molecule has 3 amide bonds. The number of benzene rings is 1. The summed E-state index contributed by atoms with van der Waals surface area (Å²) in [5.74, 6) is -1.79. The first kappa shape index (κ1) is 23.9. The fraction of sp³-hybridized carbons (Fsp3) is 0.545. The van der Waals surface area contributed by atoms with Gasteiger partial charge in [0.05, 0.1) is 18.3 Å². The molecule has 1 saturated heterocycles. The molecule has 1 N–H and O–H groups in total. The van der Waals surface area contributed by atoms with Crippen LogP contribution in [0.3, 0.4) is 0 Å². The number of halogens is 3. The van der Waals surface area contributed by atoms with E-state index in [0.29, 0.717) is 5.69 Å². The number of alkyl halides is 2. The topological polar surface area (TPSA) is 92.8 Å².